The van der Waals surface area contributed by atoms with Gasteiger partial charge in [0.1, 0.15) is 5.69 Å². The van der Waals surface area contributed by atoms with Crippen LogP contribution < -0.4 is 0 Å². The van der Waals surface area contributed by atoms with Gasteiger partial charge in [0.05, 0.1) is 10.5 Å². The molecule has 3 rings (SSSR count). The molecule has 1 amide bonds. The largest absolute Gasteiger partial charge is 0.435 e. The zero-order valence-electron chi connectivity index (χ0n) is 18.6. The minimum atomic E-state index is -4.80. The molecule has 1 aromatic carbocycles. The molecule has 0 saturated heterocycles. The van der Waals surface area contributed by atoms with Crippen LogP contribution in [0.1, 0.15) is 54.4 Å². The van der Waals surface area contributed by atoms with E-state index in [1.165, 1.54) is 7.05 Å². The highest BCUT2D eigenvalue weighted by Gasteiger charge is 2.51. The summed E-state index contributed by atoms with van der Waals surface area (Å²) in [4.78, 5) is 12.9. The summed E-state index contributed by atoms with van der Waals surface area (Å²) in [5.41, 5.74) is -3.65. The highest BCUT2D eigenvalue weighted by Crippen LogP contribution is 2.48. The zero-order valence-corrected chi connectivity index (χ0v) is 19.4. The highest BCUT2D eigenvalue weighted by atomic mass is 32.2. The second-order valence-electron chi connectivity index (χ2n) is 9.05. The molecule has 194 valence electrons. The molecule has 1 aliphatic carbocycles. The van der Waals surface area contributed by atoms with E-state index >= 15 is 4.39 Å². The number of halogens is 7. The van der Waals surface area contributed by atoms with E-state index in [1.807, 2.05) is 5.10 Å². The van der Waals surface area contributed by atoms with Crippen molar-refractivity contribution < 1.29 is 43.9 Å². The van der Waals surface area contributed by atoms with Crippen molar-refractivity contribution in [2.24, 2.45) is 5.41 Å². The van der Waals surface area contributed by atoms with E-state index in [2.05, 4.69) is 5.10 Å². The summed E-state index contributed by atoms with van der Waals surface area (Å²) in [5, 5.41) is 2.29. The number of alkyl halides is 7. The molecule has 0 bridgehead atoms. The van der Waals surface area contributed by atoms with Gasteiger partial charge >= 0.3 is 12.4 Å². The number of amides is 1. The molecule has 2 aromatic rings. The van der Waals surface area contributed by atoms with Crippen LogP contribution in [0, 0.1) is 5.41 Å². The van der Waals surface area contributed by atoms with Crippen LogP contribution in [0.3, 0.4) is 0 Å². The summed E-state index contributed by atoms with van der Waals surface area (Å²) >= 11 is 0. The molecule has 35 heavy (non-hydrogen) atoms. The van der Waals surface area contributed by atoms with Crippen molar-refractivity contribution in [1.29, 1.82) is 0 Å². The van der Waals surface area contributed by atoms with Crippen LogP contribution in [0.4, 0.5) is 30.7 Å². The number of H-pyrrole nitrogens is 1. The number of hydrogen-bond acceptors (Lipinski definition) is 4. The standard InChI is InChI=1S/C21H22F7N3O3S/c1-18(12-31(2)17(32)15-11-16(30-29-15)21(26,27)28)6-8-19(22,9-7-18)35(33,34)14-5-3-4-13(10-14)20(23,24)25/h3-5,10-11H,6-9,12H2,1-2H3,(H,29,30). The number of carbonyl (C=O) groups excluding carboxylic acids is 1. The first kappa shape index (κ1) is 27.0. The Labute approximate surface area is 196 Å². The van der Waals surface area contributed by atoms with Crippen molar-refractivity contribution in [2.45, 2.75) is 54.9 Å². The first-order valence-corrected chi connectivity index (χ1v) is 11.9. The number of aromatic amines is 1. The van der Waals surface area contributed by atoms with E-state index in [0.717, 1.165) is 17.0 Å². The molecular weight excluding hydrogens is 507 g/mol. The molecule has 1 saturated carbocycles. The number of hydrogen-bond donors (Lipinski definition) is 1. The van der Waals surface area contributed by atoms with Gasteiger partial charge in [0.25, 0.3) is 5.91 Å². The highest BCUT2D eigenvalue weighted by molar-refractivity contribution is 7.92. The number of benzene rings is 1. The molecular formula is C21H22F7N3O3S. The Morgan fingerprint density at radius 3 is 2.17 bits per heavy atom. The normalized spacial score (nSPS) is 23.8. The molecule has 1 fully saturated rings. The summed E-state index contributed by atoms with van der Waals surface area (Å²) in [7, 11) is -3.43. The minimum absolute atomic E-state index is 0.0219. The molecule has 0 unspecified atom stereocenters. The molecule has 1 N–H and O–H groups in total. The van der Waals surface area contributed by atoms with E-state index in [1.54, 1.807) is 6.92 Å². The Hall–Kier alpha value is -2.64. The van der Waals surface area contributed by atoms with Gasteiger partial charge in [-0.3, -0.25) is 9.89 Å². The van der Waals surface area contributed by atoms with Crippen LogP contribution in [-0.2, 0) is 22.2 Å². The average Bonchev–Trinajstić information content (AvgIpc) is 3.26. The second kappa shape index (κ2) is 8.79. The number of nitrogens with zero attached hydrogens (tertiary/aromatic N) is 2. The maximum Gasteiger partial charge on any atom is 0.435 e. The average molecular weight is 529 g/mol. The third-order valence-corrected chi connectivity index (χ3v) is 8.47. The van der Waals surface area contributed by atoms with Crippen molar-refractivity contribution in [3.8, 4) is 0 Å². The summed E-state index contributed by atoms with van der Waals surface area (Å²) < 4.78 is 119. The number of carbonyl (C=O) groups is 1. The van der Waals surface area contributed by atoms with Gasteiger partial charge in [0.2, 0.25) is 14.8 Å². The second-order valence-corrected chi connectivity index (χ2v) is 11.3. The number of aromatic nitrogens is 2. The summed E-state index contributed by atoms with van der Waals surface area (Å²) in [6, 6.07) is 3.46. The van der Waals surface area contributed by atoms with Gasteiger partial charge in [0.15, 0.2) is 5.69 Å². The Morgan fingerprint density at radius 1 is 1.06 bits per heavy atom. The van der Waals surface area contributed by atoms with Crippen molar-refractivity contribution in [3.63, 3.8) is 0 Å². The van der Waals surface area contributed by atoms with Crippen molar-refractivity contribution in [3.05, 3.63) is 47.3 Å². The van der Waals surface area contributed by atoms with Gasteiger partial charge in [0, 0.05) is 19.7 Å². The van der Waals surface area contributed by atoms with Crippen LogP contribution in [-0.4, -0.2) is 48.0 Å². The van der Waals surface area contributed by atoms with E-state index in [4.69, 9.17) is 0 Å². The number of rotatable bonds is 5. The van der Waals surface area contributed by atoms with Gasteiger partial charge in [-0.1, -0.05) is 13.0 Å². The van der Waals surface area contributed by atoms with Gasteiger partial charge < -0.3 is 4.90 Å². The fourth-order valence-corrected chi connectivity index (χ4v) is 5.83. The van der Waals surface area contributed by atoms with Crippen molar-refractivity contribution >= 4 is 15.7 Å². The summed E-state index contributed by atoms with van der Waals surface area (Å²) in [6.07, 6.45) is -10.6. The smallest absolute Gasteiger partial charge is 0.340 e. The molecule has 1 aromatic heterocycles. The Morgan fingerprint density at radius 2 is 1.66 bits per heavy atom. The molecule has 0 atom stereocenters. The fourth-order valence-electron chi connectivity index (χ4n) is 4.13. The minimum Gasteiger partial charge on any atom is -0.340 e. The van der Waals surface area contributed by atoms with Gasteiger partial charge in [-0.05, 0) is 49.3 Å². The van der Waals surface area contributed by atoms with Crippen LogP contribution in [0.25, 0.3) is 0 Å². The summed E-state index contributed by atoms with van der Waals surface area (Å²) in [5.74, 6) is -0.789. The number of sulfone groups is 1. The first-order chi connectivity index (χ1) is 15.9. The molecule has 1 heterocycles. The lowest BCUT2D eigenvalue weighted by Gasteiger charge is -2.42. The number of nitrogens with one attached hydrogen (secondary N) is 1. The van der Waals surface area contributed by atoms with Crippen LogP contribution >= 0.6 is 0 Å². The van der Waals surface area contributed by atoms with Crippen molar-refractivity contribution in [1.82, 2.24) is 15.1 Å². The van der Waals surface area contributed by atoms with Crippen LogP contribution in [0.5, 0.6) is 0 Å². The molecule has 0 aliphatic heterocycles. The van der Waals surface area contributed by atoms with Crippen LogP contribution in [0.15, 0.2) is 35.2 Å². The predicted octanol–water partition coefficient (Wildman–Crippen LogP) is 5.24. The quantitative estimate of drug-likeness (QED) is 0.538. The lowest BCUT2D eigenvalue weighted by atomic mass is 9.74. The molecule has 0 spiro atoms. The Kier molecular flexibility index (Phi) is 6.77. The first-order valence-electron chi connectivity index (χ1n) is 10.4. The van der Waals surface area contributed by atoms with E-state index < -0.39 is 73.2 Å². The Balaban J connectivity index is 1.72. The fraction of sp³-hybridized carbons (Fsp3) is 0.524. The SMILES string of the molecule is CN(CC1(C)CCC(F)(S(=O)(=O)c2cccc(C(F)(F)F)c2)CC1)C(=O)c1cc(C(F)(F)F)n[nH]1. The van der Waals surface area contributed by atoms with Crippen molar-refractivity contribution in [2.75, 3.05) is 13.6 Å². The molecule has 1 aliphatic rings. The van der Waals surface area contributed by atoms with E-state index in [0.29, 0.717) is 18.2 Å². The van der Waals surface area contributed by atoms with E-state index in [-0.39, 0.29) is 19.4 Å². The lowest BCUT2D eigenvalue weighted by Crippen LogP contribution is -2.45. The predicted molar refractivity (Wildman–Crippen MR) is 110 cm³/mol. The van der Waals surface area contributed by atoms with Crippen LogP contribution in [0.2, 0.25) is 0 Å². The maximum absolute atomic E-state index is 15.6. The lowest BCUT2D eigenvalue weighted by molar-refractivity contribution is -0.141. The summed E-state index contributed by atoms with van der Waals surface area (Å²) in [6.45, 7) is 1.65. The molecule has 6 nitrogen and oxygen atoms in total. The van der Waals surface area contributed by atoms with Gasteiger partial charge in [-0.2, -0.15) is 31.4 Å². The monoisotopic (exact) mass is 529 g/mol. The van der Waals surface area contributed by atoms with E-state index in [9.17, 15) is 39.6 Å². The molecule has 0 radical (unpaired) electrons. The third kappa shape index (κ3) is 5.46. The zero-order chi connectivity index (χ0) is 26.4. The third-order valence-electron chi connectivity index (χ3n) is 6.22. The molecule has 14 heteroatoms. The van der Waals surface area contributed by atoms with Gasteiger partial charge in [-0.25, -0.2) is 12.8 Å². The topological polar surface area (TPSA) is 83.1 Å². The maximum atomic E-state index is 15.6. The Bertz CT molecular complexity index is 1200. The van der Waals surface area contributed by atoms with Gasteiger partial charge in [-0.15, -0.1) is 0 Å².